The molecule has 2 aromatic rings. The van der Waals surface area contributed by atoms with Gasteiger partial charge in [0.2, 0.25) is 0 Å². The largest absolute Gasteiger partial charge is 0.507 e. The number of benzene rings is 2. The van der Waals surface area contributed by atoms with E-state index in [4.69, 9.17) is 5.73 Å². The quantitative estimate of drug-likeness (QED) is 0.857. The Labute approximate surface area is 128 Å². The van der Waals surface area contributed by atoms with Crippen LogP contribution in [0.25, 0.3) is 11.1 Å². The van der Waals surface area contributed by atoms with Crippen LogP contribution in [0.2, 0.25) is 0 Å². The summed E-state index contributed by atoms with van der Waals surface area (Å²) in [5, 5.41) is 10.3. The van der Waals surface area contributed by atoms with E-state index in [0.717, 1.165) is 42.5 Å². The predicted octanol–water partition coefficient (Wildman–Crippen LogP) is 4.68. The molecule has 0 spiro atoms. The van der Waals surface area contributed by atoms with E-state index in [1.54, 1.807) is 0 Å². The molecule has 0 heterocycles. The van der Waals surface area contributed by atoms with Crippen LogP contribution in [0.3, 0.4) is 0 Å². The predicted molar refractivity (Wildman–Crippen MR) is 91.6 cm³/mol. The first-order chi connectivity index (χ1) is 10.1. The second-order valence-electron chi connectivity index (χ2n) is 5.19. The molecule has 21 heavy (non-hydrogen) atoms. The third-order valence-corrected chi connectivity index (χ3v) is 3.28. The highest BCUT2D eigenvalue weighted by atomic mass is 16.3. The van der Waals surface area contributed by atoms with Gasteiger partial charge in [0, 0.05) is 5.56 Å². The topological polar surface area (TPSA) is 46.2 Å². The lowest BCUT2D eigenvalue weighted by atomic mass is 9.98. The van der Waals surface area contributed by atoms with Crippen LogP contribution in [0, 0.1) is 6.92 Å². The lowest BCUT2D eigenvalue weighted by Gasteiger charge is -2.10. The Balaban J connectivity index is 0.000000677. The van der Waals surface area contributed by atoms with Gasteiger partial charge in [-0.3, -0.25) is 0 Å². The van der Waals surface area contributed by atoms with Gasteiger partial charge in [-0.05, 0) is 37.4 Å². The van der Waals surface area contributed by atoms with E-state index < -0.39 is 0 Å². The maximum Gasteiger partial charge on any atom is 0.126 e. The van der Waals surface area contributed by atoms with E-state index in [1.165, 1.54) is 5.56 Å². The van der Waals surface area contributed by atoms with Crippen molar-refractivity contribution in [2.75, 3.05) is 6.54 Å². The highest BCUT2D eigenvalue weighted by molar-refractivity contribution is 5.71. The van der Waals surface area contributed by atoms with Crippen molar-refractivity contribution < 1.29 is 5.11 Å². The van der Waals surface area contributed by atoms with Gasteiger partial charge in [-0.15, -0.1) is 0 Å². The first kappa shape index (κ1) is 17.3. The van der Waals surface area contributed by atoms with E-state index in [2.05, 4.69) is 38.1 Å². The molecule has 0 unspecified atom stereocenters. The Bertz CT molecular complexity index is 532. The summed E-state index contributed by atoms with van der Waals surface area (Å²) in [4.78, 5) is 0. The average Bonchev–Trinajstić information content (AvgIpc) is 2.48. The molecular weight excluding hydrogens is 258 g/mol. The fourth-order valence-electron chi connectivity index (χ4n) is 2.13. The summed E-state index contributed by atoms with van der Waals surface area (Å²) in [5.41, 5.74) is 9.15. The monoisotopic (exact) mass is 285 g/mol. The number of hydrogen-bond donors (Lipinski definition) is 2. The zero-order valence-corrected chi connectivity index (χ0v) is 13.4. The van der Waals surface area contributed by atoms with Crippen LogP contribution in [0.5, 0.6) is 5.75 Å². The first-order valence-electron chi connectivity index (χ1n) is 7.72. The van der Waals surface area contributed by atoms with Crippen molar-refractivity contribution in [3.05, 3.63) is 53.6 Å². The van der Waals surface area contributed by atoms with Gasteiger partial charge < -0.3 is 10.8 Å². The molecule has 0 saturated carbocycles. The SMILES string of the molecule is CCCCc1cccc(-c2ccc(C)cc2)c1O.CCN. The molecule has 2 nitrogen and oxygen atoms in total. The lowest BCUT2D eigenvalue weighted by Crippen LogP contribution is -1.88. The van der Waals surface area contributed by atoms with Gasteiger partial charge in [-0.25, -0.2) is 0 Å². The molecule has 0 radical (unpaired) electrons. The number of para-hydroxylation sites is 1. The number of hydrogen-bond acceptors (Lipinski definition) is 2. The molecule has 2 rings (SSSR count). The summed E-state index contributed by atoms with van der Waals surface area (Å²) in [6.07, 6.45) is 3.21. The van der Waals surface area contributed by atoms with Crippen LogP contribution in [0.15, 0.2) is 42.5 Å². The standard InChI is InChI=1S/C17H20O.C2H7N/c1-3-4-6-15-7-5-8-16(17(15)18)14-11-9-13(2)10-12-14;1-2-3/h5,7-12,18H,3-4,6H2,1-2H3;2-3H2,1H3. The smallest absolute Gasteiger partial charge is 0.126 e. The number of unbranched alkanes of at least 4 members (excludes halogenated alkanes) is 1. The third-order valence-electron chi connectivity index (χ3n) is 3.28. The van der Waals surface area contributed by atoms with E-state index in [-0.39, 0.29) is 0 Å². The van der Waals surface area contributed by atoms with Crippen molar-refractivity contribution >= 4 is 0 Å². The zero-order chi connectivity index (χ0) is 15.7. The van der Waals surface area contributed by atoms with Crippen LogP contribution in [0.1, 0.15) is 37.8 Å². The number of rotatable bonds is 4. The summed E-state index contributed by atoms with van der Waals surface area (Å²) >= 11 is 0. The molecule has 2 heteroatoms. The van der Waals surface area contributed by atoms with Gasteiger partial charge in [0.05, 0.1) is 0 Å². The normalized spacial score (nSPS) is 9.90. The molecule has 0 aliphatic carbocycles. The fraction of sp³-hybridized carbons (Fsp3) is 0.368. The maximum atomic E-state index is 10.3. The van der Waals surface area contributed by atoms with Gasteiger partial charge in [0.15, 0.2) is 0 Å². The summed E-state index contributed by atoms with van der Waals surface area (Å²) in [5.74, 6) is 0.440. The van der Waals surface area contributed by atoms with E-state index >= 15 is 0 Å². The van der Waals surface area contributed by atoms with Crippen molar-refractivity contribution in [2.24, 2.45) is 5.73 Å². The molecule has 0 bridgehead atoms. The molecule has 0 saturated heterocycles. The van der Waals surface area contributed by atoms with Gasteiger partial charge in [0.1, 0.15) is 5.75 Å². The molecule has 0 atom stereocenters. The molecule has 0 aliphatic heterocycles. The maximum absolute atomic E-state index is 10.3. The van der Waals surface area contributed by atoms with Gasteiger partial charge in [-0.2, -0.15) is 0 Å². The molecule has 114 valence electrons. The van der Waals surface area contributed by atoms with Crippen molar-refractivity contribution in [1.29, 1.82) is 0 Å². The average molecular weight is 285 g/mol. The summed E-state index contributed by atoms with van der Waals surface area (Å²) in [6, 6.07) is 14.3. The van der Waals surface area contributed by atoms with E-state index in [1.807, 2.05) is 25.1 Å². The fourth-order valence-corrected chi connectivity index (χ4v) is 2.13. The Morgan fingerprint density at radius 2 is 1.62 bits per heavy atom. The number of aryl methyl sites for hydroxylation is 2. The first-order valence-corrected chi connectivity index (χ1v) is 7.72. The van der Waals surface area contributed by atoms with Crippen molar-refractivity contribution in [3.8, 4) is 16.9 Å². The van der Waals surface area contributed by atoms with Crippen LogP contribution < -0.4 is 5.73 Å². The molecule has 0 fully saturated rings. The minimum atomic E-state index is 0.440. The Kier molecular flexibility index (Phi) is 7.55. The molecule has 2 aromatic carbocycles. The van der Waals surface area contributed by atoms with E-state index in [0.29, 0.717) is 5.75 Å². The van der Waals surface area contributed by atoms with Crippen LogP contribution in [0.4, 0.5) is 0 Å². The van der Waals surface area contributed by atoms with Gasteiger partial charge in [0.25, 0.3) is 0 Å². The highest BCUT2D eigenvalue weighted by Gasteiger charge is 2.08. The summed E-state index contributed by atoms with van der Waals surface area (Å²) < 4.78 is 0. The van der Waals surface area contributed by atoms with E-state index in [9.17, 15) is 5.11 Å². The summed E-state index contributed by atoms with van der Waals surface area (Å²) in [6.45, 7) is 6.89. The highest BCUT2D eigenvalue weighted by Crippen LogP contribution is 2.32. The second kappa shape index (κ2) is 9.19. The van der Waals surface area contributed by atoms with Crippen molar-refractivity contribution in [3.63, 3.8) is 0 Å². The van der Waals surface area contributed by atoms with Crippen LogP contribution in [-0.2, 0) is 6.42 Å². The molecular formula is C19H27NO. The number of phenols is 1. The van der Waals surface area contributed by atoms with Crippen LogP contribution in [-0.4, -0.2) is 11.7 Å². The Morgan fingerprint density at radius 3 is 2.19 bits per heavy atom. The molecule has 0 amide bonds. The molecule has 0 aromatic heterocycles. The zero-order valence-electron chi connectivity index (χ0n) is 13.4. The van der Waals surface area contributed by atoms with Crippen molar-refractivity contribution in [2.45, 2.75) is 40.0 Å². The lowest BCUT2D eigenvalue weighted by molar-refractivity contribution is 0.469. The van der Waals surface area contributed by atoms with Crippen LogP contribution >= 0.6 is 0 Å². The minimum absolute atomic E-state index is 0.440. The second-order valence-corrected chi connectivity index (χ2v) is 5.19. The van der Waals surface area contributed by atoms with Gasteiger partial charge in [-0.1, -0.05) is 68.3 Å². The number of phenolic OH excluding ortho intramolecular Hbond substituents is 1. The van der Waals surface area contributed by atoms with Gasteiger partial charge >= 0.3 is 0 Å². The third kappa shape index (κ3) is 5.24. The summed E-state index contributed by atoms with van der Waals surface area (Å²) in [7, 11) is 0. The Hall–Kier alpha value is -1.80. The van der Waals surface area contributed by atoms with Crippen molar-refractivity contribution in [1.82, 2.24) is 0 Å². The number of aromatic hydroxyl groups is 1. The Morgan fingerprint density at radius 1 is 1.00 bits per heavy atom. The molecule has 3 N–H and O–H groups in total. The molecule has 0 aliphatic rings. The minimum Gasteiger partial charge on any atom is -0.507 e. The number of nitrogens with two attached hydrogens (primary N) is 1.